The summed E-state index contributed by atoms with van der Waals surface area (Å²) >= 11 is 0. The molecule has 11 heteroatoms. The topological polar surface area (TPSA) is 106 Å². The number of carbonyl (C=O) groups excluding carboxylic acids is 2. The Morgan fingerprint density at radius 3 is 2.17 bits per heavy atom. The van der Waals surface area contributed by atoms with Crippen molar-refractivity contribution < 1.29 is 32.2 Å². The molecule has 0 aromatic rings. The van der Waals surface area contributed by atoms with Gasteiger partial charge in [-0.05, 0) is 34.6 Å². The third-order valence-electron chi connectivity index (χ3n) is 4.98. The number of hydrogen-bond acceptors (Lipinski definition) is 7. The smallest absolute Gasteiger partial charge is 0.410 e. The van der Waals surface area contributed by atoms with Gasteiger partial charge in [0.15, 0.2) is 0 Å². The lowest BCUT2D eigenvalue weighted by atomic mass is 10.2. The Kier molecular flexibility index (Phi) is 8.49. The number of piperazine rings is 1. The van der Waals surface area contributed by atoms with Gasteiger partial charge in [-0.2, -0.15) is 4.31 Å². The molecular formula is C19H35N3O7S. The number of carbonyl (C=O) groups is 2. The fourth-order valence-electron chi connectivity index (χ4n) is 3.23. The van der Waals surface area contributed by atoms with Crippen LogP contribution >= 0.6 is 0 Å². The molecule has 2 heterocycles. The molecule has 1 atom stereocenters. The van der Waals surface area contributed by atoms with Crippen molar-refractivity contribution in [1.82, 2.24) is 14.1 Å². The van der Waals surface area contributed by atoms with E-state index in [4.69, 9.17) is 14.2 Å². The molecule has 30 heavy (non-hydrogen) atoms. The van der Waals surface area contributed by atoms with E-state index in [0.717, 1.165) is 0 Å². The zero-order chi connectivity index (χ0) is 22.5. The van der Waals surface area contributed by atoms with Crippen molar-refractivity contribution in [2.24, 2.45) is 0 Å². The van der Waals surface area contributed by atoms with Gasteiger partial charge >= 0.3 is 6.09 Å². The summed E-state index contributed by atoms with van der Waals surface area (Å²) in [5.74, 6) is -0.215. The van der Waals surface area contributed by atoms with E-state index in [2.05, 4.69) is 0 Å². The molecule has 2 saturated heterocycles. The summed E-state index contributed by atoms with van der Waals surface area (Å²) in [6.45, 7) is 11.6. The summed E-state index contributed by atoms with van der Waals surface area (Å²) in [6, 6.07) is 0. The number of rotatable bonds is 8. The van der Waals surface area contributed by atoms with E-state index in [-0.39, 0.29) is 45.2 Å². The zero-order valence-corrected chi connectivity index (χ0v) is 19.4. The highest BCUT2D eigenvalue weighted by atomic mass is 32.2. The maximum atomic E-state index is 12.9. The molecule has 174 valence electrons. The fraction of sp³-hybridized carbons (Fsp3) is 0.895. The molecule has 2 aliphatic heterocycles. The molecule has 2 fully saturated rings. The number of nitrogens with zero attached hydrogens (tertiary/aromatic N) is 3. The van der Waals surface area contributed by atoms with Crippen LogP contribution in [0.1, 0.15) is 34.6 Å². The lowest BCUT2D eigenvalue weighted by Crippen LogP contribution is -2.63. The van der Waals surface area contributed by atoms with Crippen LogP contribution in [0.2, 0.25) is 0 Å². The maximum Gasteiger partial charge on any atom is 0.410 e. The minimum Gasteiger partial charge on any atom is -0.444 e. The Bertz CT molecular complexity index is 693. The SMILES string of the molecule is CCOCCO[C@@H](C)C(=O)N1CC(S(=O)(=O)N2CCN(C(=O)OC(C)(C)C)CC2)C1. The fourth-order valence-corrected chi connectivity index (χ4v) is 5.06. The predicted molar refractivity (Wildman–Crippen MR) is 111 cm³/mol. The Hall–Kier alpha value is -1.43. The van der Waals surface area contributed by atoms with Crippen molar-refractivity contribution in [1.29, 1.82) is 0 Å². The summed E-state index contributed by atoms with van der Waals surface area (Å²) < 4.78 is 43.1. The van der Waals surface area contributed by atoms with Crippen molar-refractivity contribution in [3.05, 3.63) is 0 Å². The van der Waals surface area contributed by atoms with E-state index in [9.17, 15) is 18.0 Å². The molecule has 0 spiro atoms. The van der Waals surface area contributed by atoms with Gasteiger partial charge in [0.2, 0.25) is 10.0 Å². The zero-order valence-electron chi connectivity index (χ0n) is 18.6. The van der Waals surface area contributed by atoms with Crippen molar-refractivity contribution >= 4 is 22.0 Å². The first-order valence-corrected chi connectivity index (χ1v) is 11.9. The lowest BCUT2D eigenvalue weighted by molar-refractivity contribution is -0.146. The average molecular weight is 450 g/mol. The van der Waals surface area contributed by atoms with Gasteiger partial charge in [-0.3, -0.25) is 4.79 Å². The van der Waals surface area contributed by atoms with Crippen LogP contribution in [0.15, 0.2) is 0 Å². The molecular weight excluding hydrogens is 414 g/mol. The Morgan fingerprint density at radius 2 is 1.63 bits per heavy atom. The van der Waals surface area contributed by atoms with Gasteiger partial charge in [0.05, 0.1) is 13.2 Å². The Balaban J connectivity index is 1.78. The molecule has 2 aliphatic rings. The summed E-state index contributed by atoms with van der Waals surface area (Å²) in [5, 5.41) is -0.620. The van der Waals surface area contributed by atoms with Gasteiger partial charge in [-0.1, -0.05) is 0 Å². The molecule has 10 nitrogen and oxygen atoms in total. The first-order valence-electron chi connectivity index (χ1n) is 10.4. The van der Waals surface area contributed by atoms with Crippen LogP contribution in [-0.2, 0) is 29.0 Å². The van der Waals surface area contributed by atoms with Crippen molar-refractivity contribution in [3.63, 3.8) is 0 Å². The van der Waals surface area contributed by atoms with Crippen molar-refractivity contribution in [3.8, 4) is 0 Å². The van der Waals surface area contributed by atoms with Crippen LogP contribution in [0.5, 0.6) is 0 Å². The highest BCUT2D eigenvalue weighted by Gasteiger charge is 2.44. The van der Waals surface area contributed by atoms with Crippen LogP contribution in [0.4, 0.5) is 4.79 Å². The summed E-state index contributed by atoms with van der Waals surface area (Å²) in [7, 11) is -3.53. The highest BCUT2D eigenvalue weighted by Crippen LogP contribution is 2.23. The van der Waals surface area contributed by atoms with Crippen LogP contribution < -0.4 is 0 Å². The average Bonchev–Trinajstić information content (AvgIpc) is 2.62. The van der Waals surface area contributed by atoms with Crippen molar-refractivity contribution in [2.75, 3.05) is 59.1 Å². The lowest BCUT2D eigenvalue weighted by Gasteiger charge is -2.43. The van der Waals surface area contributed by atoms with Gasteiger partial charge < -0.3 is 24.0 Å². The third kappa shape index (κ3) is 6.53. The van der Waals surface area contributed by atoms with Gasteiger partial charge in [0, 0.05) is 45.9 Å². The molecule has 0 aromatic heterocycles. The van der Waals surface area contributed by atoms with Gasteiger partial charge in [0.1, 0.15) is 17.0 Å². The van der Waals surface area contributed by atoms with E-state index in [1.165, 1.54) is 14.1 Å². The molecule has 0 saturated carbocycles. The van der Waals surface area contributed by atoms with Crippen LogP contribution in [0.25, 0.3) is 0 Å². The second-order valence-electron chi connectivity index (χ2n) is 8.49. The van der Waals surface area contributed by atoms with Crippen molar-refractivity contribution in [2.45, 2.75) is 51.6 Å². The van der Waals surface area contributed by atoms with E-state index in [1.807, 2.05) is 6.92 Å². The number of likely N-dealkylation sites (tertiary alicyclic amines) is 1. The largest absolute Gasteiger partial charge is 0.444 e. The second-order valence-corrected chi connectivity index (χ2v) is 10.7. The van der Waals surface area contributed by atoms with E-state index < -0.39 is 33.1 Å². The monoisotopic (exact) mass is 449 g/mol. The second kappa shape index (κ2) is 10.3. The minimum atomic E-state index is -3.53. The molecule has 0 aromatic carbocycles. The Labute approximate surface area is 179 Å². The summed E-state index contributed by atoms with van der Waals surface area (Å²) in [5.41, 5.74) is -0.591. The molecule has 2 rings (SSSR count). The number of ether oxygens (including phenoxy) is 3. The third-order valence-corrected chi connectivity index (χ3v) is 7.20. The van der Waals surface area contributed by atoms with Gasteiger partial charge in [-0.25, -0.2) is 13.2 Å². The molecule has 2 amide bonds. The molecule has 0 aliphatic carbocycles. The molecule has 0 radical (unpaired) electrons. The van der Waals surface area contributed by atoms with E-state index in [1.54, 1.807) is 27.7 Å². The molecule has 0 N–H and O–H groups in total. The highest BCUT2D eigenvalue weighted by molar-refractivity contribution is 7.89. The predicted octanol–water partition coefficient (Wildman–Crippen LogP) is 0.521. The summed E-state index contributed by atoms with van der Waals surface area (Å²) in [6.07, 6.45) is -1.07. The minimum absolute atomic E-state index is 0.159. The van der Waals surface area contributed by atoms with E-state index in [0.29, 0.717) is 19.8 Å². The van der Waals surface area contributed by atoms with Gasteiger partial charge in [0.25, 0.3) is 5.91 Å². The first-order chi connectivity index (χ1) is 14.0. The quantitative estimate of drug-likeness (QED) is 0.498. The van der Waals surface area contributed by atoms with Crippen LogP contribution in [0, 0.1) is 0 Å². The van der Waals surface area contributed by atoms with E-state index >= 15 is 0 Å². The van der Waals surface area contributed by atoms with Crippen LogP contribution in [0.3, 0.4) is 0 Å². The number of sulfonamides is 1. The summed E-state index contributed by atoms with van der Waals surface area (Å²) in [4.78, 5) is 27.5. The van der Waals surface area contributed by atoms with Gasteiger partial charge in [-0.15, -0.1) is 0 Å². The van der Waals surface area contributed by atoms with Crippen LogP contribution in [-0.4, -0.2) is 111 Å². The number of hydrogen-bond donors (Lipinski definition) is 0. The normalized spacial score (nSPS) is 20.0. The molecule has 0 unspecified atom stereocenters. The standard InChI is InChI=1S/C19H35N3O7S/c1-6-27-11-12-28-15(2)17(23)21-13-16(14-21)30(25,26)22-9-7-20(8-10-22)18(24)29-19(3,4)5/h15-16H,6-14H2,1-5H3/t15-/m0/s1. The Morgan fingerprint density at radius 1 is 1.03 bits per heavy atom. The first kappa shape index (κ1) is 24.8. The number of amides is 2. The maximum absolute atomic E-state index is 12.9. The molecule has 0 bridgehead atoms.